The second-order valence-electron chi connectivity index (χ2n) is 12.0. The zero-order chi connectivity index (χ0) is 31.9. The number of esters is 1. The molecule has 0 fully saturated rings. The fraction of sp³-hybridized carbons (Fsp3) is 0.562. The van der Waals surface area contributed by atoms with Crippen molar-refractivity contribution < 1.29 is 22.8 Å². The molecule has 3 rings (SSSR count). The lowest BCUT2D eigenvalue weighted by Gasteiger charge is -2.42. The van der Waals surface area contributed by atoms with Crippen molar-refractivity contribution in [2.75, 3.05) is 13.7 Å². The minimum Gasteiger partial charge on any atom is -0.464 e. The zero-order valence-electron chi connectivity index (χ0n) is 26.8. The predicted molar refractivity (Wildman–Crippen MR) is 179 cm³/mol. The van der Waals surface area contributed by atoms with Gasteiger partial charge in [0, 0.05) is 22.3 Å². The van der Waals surface area contributed by atoms with Gasteiger partial charge in [0.1, 0.15) is 12.5 Å². The molecule has 3 heterocycles. The summed E-state index contributed by atoms with van der Waals surface area (Å²) in [6, 6.07) is 5.73. The van der Waals surface area contributed by atoms with Gasteiger partial charge in [-0.3, -0.25) is 0 Å². The Kier molecular flexibility index (Phi) is 12.5. The smallest absolute Gasteiger partial charge is 0.360 e. The Balaban J connectivity index is 1.86. The second-order valence-corrected chi connectivity index (χ2v) is 18.4. The summed E-state index contributed by atoms with van der Waals surface area (Å²) in [5.41, 5.74) is 3.55. The molecule has 0 aliphatic rings. The molecule has 8 nitrogen and oxygen atoms in total. The van der Waals surface area contributed by atoms with Crippen LogP contribution in [0.3, 0.4) is 0 Å². The van der Waals surface area contributed by atoms with Crippen molar-refractivity contribution in [2.24, 2.45) is 0 Å². The van der Waals surface area contributed by atoms with Gasteiger partial charge in [-0.1, -0.05) is 79.0 Å². The third kappa shape index (κ3) is 8.32. The molecule has 0 saturated carbocycles. The van der Waals surface area contributed by atoms with Crippen molar-refractivity contribution in [1.29, 1.82) is 0 Å². The Labute approximate surface area is 267 Å². The molecule has 0 amide bonds. The predicted octanol–water partition coefficient (Wildman–Crippen LogP) is 8.54. The monoisotopic (exact) mass is 643 g/mol. The molecule has 0 aliphatic heterocycles. The van der Waals surface area contributed by atoms with E-state index in [0.29, 0.717) is 64.1 Å². The Morgan fingerprint density at radius 2 is 1.37 bits per heavy atom. The highest BCUT2D eigenvalue weighted by atomic mass is 32.1. The number of nitrogens with zero attached hydrogens (tertiary/aromatic N) is 3. The first kappa shape index (κ1) is 34.9. The number of rotatable bonds is 16. The normalized spacial score (nSPS) is 13.5. The average molecular weight is 644 g/mol. The van der Waals surface area contributed by atoms with Crippen molar-refractivity contribution in [3.63, 3.8) is 0 Å². The number of thiocarbonyl (C=S) groups is 2. The van der Waals surface area contributed by atoms with Crippen LogP contribution in [0.5, 0.6) is 0 Å². The van der Waals surface area contributed by atoms with E-state index >= 15 is 0 Å². The van der Waals surface area contributed by atoms with Crippen LogP contribution in [0.2, 0.25) is 16.6 Å². The maximum Gasteiger partial charge on any atom is 0.360 e. The summed E-state index contributed by atoms with van der Waals surface area (Å²) in [4.78, 5) is 27.3. The number of methoxy groups -OCH3 is 1. The van der Waals surface area contributed by atoms with Crippen molar-refractivity contribution in [3.8, 4) is 0 Å². The van der Waals surface area contributed by atoms with Gasteiger partial charge < -0.3 is 18.0 Å². The molecule has 3 aromatic rings. The standard InChI is InChI=1S/C32H45N3O5S2Si/c1-10-23(30-33-22(8)16-38-30)14-28(41)25-12-11-13-26(34-25)29(42)15-24(31-35-27(18-39-31)32(36)37-9)17-40-43(19(2)3,20(4)5)21(6)7/h11-13,16,18-21,23-24H,10,14-15,17H2,1-9H3. The van der Waals surface area contributed by atoms with Crippen molar-refractivity contribution in [2.45, 2.75) is 103 Å². The molecule has 2 unspecified atom stereocenters. The van der Waals surface area contributed by atoms with Gasteiger partial charge in [-0.2, -0.15) is 0 Å². The average Bonchev–Trinajstić information content (AvgIpc) is 3.64. The van der Waals surface area contributed by atoms with Gasteiger partial charge in [-0.15, -0.1) is 0 Å². The summed E-state index contributed by atoms with van der Waals surface area (Å²) >= 11 is 11.8. The number of hydrogen-bond donors (Lipinski definition) is 0. The van der Waals surface area contributed by atoms with Gasteiger partial charge in [0.25, 0.3) is 0 Å². The Morgan fingerprint density at radius 1 is 0.837 bits per heavy atom. The summed E-state index contributed by atoms with van der Waals surface area (Å²) in [6.07, 6.45) is 4.84. The molecule has 0 saturated heterocycles. The van der Waals surface area contributed by atoms with E-state index in [4.69, 9.17) is 47.4 Å². The van der Waals surface area contributed by atoms with E-state index in [1.807, 2.05) is 25.1 Å². The quantitative estimate of drug-likeness (QED) is 0.0653. The number of carbonyl (C=O) groups is 1. The largest absolute Gasteiger partial charge is 0.464 e. The first-order chi connectivity index (χ1) is 20.3. The molecule has 11 heteroatoms. The fourth-order valence-electron chi connectivity index (χ4n) is 6.00. The van der Waals surface area contributed by atoms with E-state index in [1.165, 1.54) is 13.4 Å². The van der Waals surface area contributed by atoms with E-state index in [1.54, 1.807) is 6.26 Å². The van der Waals surface area contributed by atoms with E-state index in [9.17, 15) is 4.79 Å². The van der Waals surface area contributed by atoms with Gasteiger partial charge in [-0.25, -0.2) is 19.7 Å². The summed E-state index contributed by atoms with van der Waals surface area (Å²) in [5, 5.41) is 0. The fourth-order valence-corrected chi connectivity index (χ4v) is 12.1. The van der Waals surface area contributed by atoms with Crippen LogP contribution in [0, 0.1) is 6.92 Å². The van der Waals surface area contributed by atoms with Gasteiger partial charge in [0.2, 0.25) is 5.89 Å². The molecule has 234 valence electrons. The lowest BCUT2D eigenvalue weighted by atomic mass is 9.98. The van der Waals surface area contributed by atoms with Gasteiger partial charge in [0.15, 0.2) is 19.9 Å². The SMILES string of the molecule is CCC(CC(=S)c1cccc(C(=S)CC(CO[Si](C(C)C)(C(C)C)C(C)C)c2nc(C(=O)OC)co2)n1)c1nc(C)co1. The second kappa shape index (κ2) is 15.4. The number of carbonyl (C=O) groups excluding carboxylic acids is 1. The third-order valence-electron chi connectivity index (χ3n) is 8.17. The number of ether oxygens (including phenoxy) is 1. The molecule has 2 atom stereocenters. The number of aromatic nitrogens is 3. The lowest BCUT2D eigenvalue weighted by Crippen LogP contribution is -2.48. The summed E-state index contributed by atoms with van der Waals surface area (Å²) < 4.78 is 23.2. The molecular weight excluding hydrogens is 599 g/mol. The number of hydrogen-bond acceptors (Lipinski definition) is 10. The van der Waals surface area contributed by atoms with Gasteiger partial charge >= 0.3 is 5.97 Å². The summed E-state index contributed by atoms with van der Waals surface area (Å²) in [5.74, 6) is 0.282. The Hall–Kier alpha value is -2.60. The lowest BCUT2D eigenvalue weighted by molar-refractivity contribution is 0.0594. The summed E-state index contributed by atoms with van der Waals surface area (Å²) in [7, 11) is -0.877. The molecule has 0 aliphatic carbocycles. The van der Waals surface area contributed by atoms with Crippen LogP contribution >= 0.6 is 24.4 Å². The van der Waals surface area contributed by atoms with Crippen LogP contribution in [-0.2, 0) is 9.16 Å². The zero-order valence-corrected chi connectivity index (χ0v) is 29.4. The first-order valence-electron chi connectivity index (χ1n) is 15.0. The molecule has 0 N–H and O–H groups in total. The summed E-state index contributed by atoms with van der Waals surface area (Å²) in [6.45, 7) is 17.9. The maximum atomic E-state index is 12.1. The van der Waals surface area contributed by atoms with Crippen molar-refractivity contribution in [1.82, 2.24) is 15.0 Å². The van der Waals surface area contributed by atoms with Crippen LogP contribution in [0.1, 0.15) is 119 Å². The van der Waals surface area contributed by atoms with Crippen LogP contribution in [-0.4, -0.2) is 52.7 Å². The number of aryl methyl sites for hydroxylation is 1. The molecule has 0 aromatic carbocycles. The molecule has 0 bridgehead atoms. The topological polar surface area (TPSA) is 100 Å². The van der Waals surface area contributed by atoms with Crippen molar-refractivity contribution in [3.05, 3.63) is 65.3 Å². The van der Waals surface area contributed by atoms with E-state index in [-0.39, 0.29) is 17.5 Å². The van der Waals surface area contributed by atoms with E-state index in [2.05, 4.69) is 58.4 Å². The number of pyridine rings is 1. The molecular formula is C32H45N3O5S2Si. The number of oxazole rings is 2. The van der Waals surface area contributed by atoms with Crippen molar-refractivity contribution >= 4 is 48.5 Å². The Bertz CT molecular complexity index is 1380. The first-order valence-corrected chi connectivity index (χ1v) is 17.9. The van der Waals surface area contributed by atoms with E-state index < -0.39 is 14.3 Å². The van der Waals surface area contributed by atoms with Crippen LogP contribution in [0.25, 0.3) is 0 Å². The molecule has 3 aromatic heterocycles. The highest BCUT2D eigenvalue weighted by Gasteiger charge is 2.45. The van der Waals surface area contributed by atoms with Crippen LogP contribution < -0.4 is 0 Å². The van der Waals surface area contributed by atoms with Gasteiger partial charge in [-0.05, 0) is 54.9 Å². The highest BCUT2D eigenvalue weighted by molar-refractivity contribution is 7.81. The molecule has 0 spiro atoms. The molecule has 0 radical (unpaired) electrons. The van der Waals surface area contributed by atoms with Crippen LogP contribution in [0.4, 0.5) is 0 Å². The third-order valence-corrected chi connectivity index (χ3v) is 15.0. The van der Waals surface area contributed by atoms with Crippen LogP contribution in [0.15, 0.2) is 39.6 Å². The minimum atomic E-state index is -2.20. The molecule has 43 heavy (non-hydrogen) atoms. The highest BCUT2D eigenvalue weighted by Crippen LogP contribution is 2.43. The maximum absolute atomic E-state index is 12.1. The minimum absolute atomic E-state index is 0.0708. The van der Waals surface area contributed by atoms with Gasteiger partial charge in [0.05, 0.1) is 30.1 Å². The Morgan fingerprint density at radius 3 is 1.86 bits per heavy atom. The van der Waals surface area contributed by atoms with E-state index in [0.717, 1.165) is 17.0 Å².